The Kier molecular flexibility index (Phi) is 9.83. The molecule has 0 aliphatic rings. The predicted octanol–water partition coefficient (Wildman–Crippen LogP) is 6.45. The number of benzene rings is 3. The van der Waals surface area contributed by atoms with Gasteiger partial charge in [-0.15, -0.1) is 0 Å². The Balaban J connectivity index is 1.51. The van der Waals surface area contributed by atoms with Crippen molar-refractivity contribution in [3.05, 3.63) is 91.0 Å². The highest BCUT2D eigenvalue weighted by molar-refractivity contribution is 7.66. The topological polar surface area (TPSA) is 0 Å². The SMILES string of the molecule is CP(CCCP(CCCP(C)c1ccccc1)c1ccccc1)c1ccccc1. The molecule has 0 saturated heterocycles. The van der Waals surface area contributed by atoms with Crippen LogP contribution in [0, 0.1) is 0 Å². The summed E-state index contributed by atoms with van der Waals surface area (Å²) in [6, 6.07) is 33.5. The number of hydrogen-bond donors (Lipinski definition) is 0. The zero-order valence-electron chi connectivity index (χ0n) is 17.7. The van der Waals surface area contributed by atoms with Crippen LogP contribution in [-0.2, 0) is 0 Å². The van der Waals surface area contributed by atoms with Crippen LogP contribution in [0.3, 0.4) is 0 Å². The van der Waals surface area contributed by atoms with E-state index in [1.54, 1.807) is 15.9 Å². The standard InChI is InChI=1S/C26H33P3/c1-27(24-14-6-3-7-15-24)20-12-22-29(26-18-10-5-11-19-26)23-13-21-28(2)25-16-8-4-9-17-25/h3-11,14-19H,12-13,20-23H2,1-2H3. The van der Waals surface area contributed by atoms with Crippen molar-refractivity contribution >= 4 is 39.7 Å². The molecule has 2 unspecified atom stereocenters. The van der Waals surface area contributed by atoms with E-state index in [4.69, 9.17) is 0 Å². The Bertz CT molecular complexity index is 754. The van der Waals surface area contributed by atoms with Gasteiger partial charge >= 0.3 is 0 Å². The molecule has 3 aromatic rings. The number of rotatable bonds is 11. The van der Waals surface area contributed by atoms with Crippen molar-refractivity contribution in [2.24, 2.45) is 0 Å². The maximum atomic E-state index is 2.44. The first-order chi connectivity index (χ1) is 14.2. The van der Waals surface area contributed by atoms with Gasteiger partial charge in [0.15, 0.2) is 0 Å². The third-order valence-electron chi connectivity index (χ3n) is 5.36. The minimum absolute atomic E-state index is 0.0151. The first-order valence-corrected chi connectivity index (χ1v) is 16.2. The molecular formula is C26H33P3. The summed E-state index contributed by atoms with van der Waals surface area (Å²) in [5.74, 6) is 0. The Labute approximate surface area is 181 Å². The molecule has 0 amide bonds. The lowest BCUT2D eigenvalue weighted by Gasteiger charge is -2.21. The normalized spacial score (nSPS) is 14.3. The van der Waals surface area contributed by atoms with Crippen LogP contribution in [-0.4, -0.2) is 38.0 Å². The van der Waals surface area contributed by atoms with Gasteiger partial charge in [-0.05, 0) is 66.7 Å². The Morgan fingerprint density at radius 3 is 1.17 bits per heavy atom. The van der Waals surface area contributed by atoms with Gasteiger partial charge in [0.05, 0.1) is 0 Å². The molecule has 0 radical (unpaired) electrons. The quantitative estimate of drug-likeness (QED) is 0.302. The summed E-state index contributed by atoms with van der Waals surface area (Å²) < 4.78 is 0. The predicted molar refractivity (Wildman–Crippen MR) is 140 cm³/mol. The van der Waals surface area contributed by atoms with E-state index in [0.29, 0.717) is 0 Å². The van der Waals surface area contributed by atoms with E-state index in [1.807, 2.05) is 0 Å². The molecule has 3 rings (SSSR count). The largest absolute Gasteiger partial charge is 0.0785 e. The Morgan fingerprint density at radius 1 is 0.448 bits per heavy atom. The summed E-state index contributed by atoms with van der Waals surface area (Å²) in [7, 11) is -0.0644. The molecule has 0 fully saturated rings. The van der Waals surface area contributed by atoms with Crippen molar-refractivity contribution in [3.63, 3.8) is 0 Å². The maximum Gasteiger partial charge on any atom is -0.0240 e. The van der Waals surface area contributed by atoms with Crippen molar-refractivity contribution in [2.75, 3.05) is 38.0 Å². The Hall–Kier alpha value is -1.05. The highest BCUT2D eigenvalue weighted by atomic mass is 31.1. The molecule has 3 aromatic carbocycles. The number of hydrogen-bond acceptors (Lipinski definition) is 0. The molecule has 0 heterocycles. The highest BCUT2D eigenvalue weighted by Crippen LogP contribution is 2.40. The van der Waals surface area contributed by atoms with E-state index in [-0.39, 0.29) is 23.8 Å². The van der Waals surface area contributed by atoms with Gasteiger partial charge in [0, 0.05) is 0 Å². The molecule has 0 saturated carbocycles. The van der Waals surface area contributed by atoms with Gasteiger partial charge in [-0.3, -0.25) is 0 Å². The van der Waals surface area contributed by atoms with Crippen LogP contribution in [0.2, 0.25) is 0 Å². The molecule has 0 N–H and O–H groups in total. The van der Waals surface area contributed by atoms with Crippen molar-refractivity contribution < 1.29 is 0 Å². The van der Waals surface area contributed by atoms with E-state index in [1.165, 1.54) is 37.5 Å². The fourth-order valence-corrected chi connectivity index (χ4v) is 9.69. The highest BCUT2D eigenvalue weighted by Gasteiger charge is 2.13. The average Bonchev–Trinajstić information content (AvgIpc) is 2.79. The third kappa shape index (κ3) is 7.61. The third-order valence-corrected chi connectivity index (χ3v) is 12.4. The van der Waals surface area contributed by atoms with Crippen LogP contribution in [0.4, 0.5) is 0 Å². The summed E-state index contributed by atoms with van der Waals surface area (Å²) in [6.07, 6.45) is 8.19. The van der Waals surface area contributed by atoms with Crippen LogP contribution in [0.5, 0.6) is 0 Å². The smallest absolute Gasteiger partial charge is 0.0240 e. The molecule has 152 valence electrons. The van der Waals surface area contributed by atoms with Crippen LogP contribution >= 0.6 is 23.8 Å². The Morgan fingerprint density at radius 2 is 0.793 bits per heavy atom. The van der Waals surface area contributed by atoms with Gasteiger partial charge in [0.2, 0.25) is 0 Å². The summed E-state index contributed by atoms with van der Waals surface area (Å²) in [6.45, 7) is 4.89. The van der Waals surface area contributed by atoms with Gasteiger partial charge in [-0.25, -0.2) is 0 Å². The second kappa shape index (κ2) is 12.6. The van der Waals surface area contributed by atoms with Crippen LogP contribution in [0.15, 0.2) is 91.0 Å². The summed E-state index contributed by atoms with van der Waals surface area (Å²) >= 11 is 0. The molecule has 29 heavy (non-hydrogen) atoms. The zero-order chi connectivity index (χ0) is 20.3. The zero-order valence-corrected chi connectivity index (χ0v) is 20.4. The van der Waals surface area contributed by atoms with E-state index < -0.39 is 0 Å². The molecule has 0 aliphatic heterocycles. The van der Waals surface area contributed by atoms with E-state index in [0.717, 1.165) is 0 Å². The van der Waals surface area contributed by atoms with Gasteiger partial charge in [-0.2, -0.15) is 0 Å². The molecule has 0 nitrogen and oxygen atoms in total. The average molecular weight is 438 g/mol. The van der Waals surface area contributed by atoms with Gasteiger partial charge in [0.1, 0.15) is 0 Å². The van der Waals surface area contributed by atoms with Gasteiger partial charge in [-0.1, -0.05) is 115 Å². The molecule has 2 atom stereocenters. The second-order valence-corrected chi connectivity index (χ2v) is 14.8. The van der Waals surface area contributed by atoms with Crippen LogP contribution < -0.4 is 15.9 Å². The molecule has 0 spiro atoms. The molecule has 0 aliphatic carbocycles. The lowest BCUT2D eigenvalue weighted by molar-refractivity contribution is 1.07. The van der Waals surface area contributed by atoms with Gasteiger partial charge in [0.25, 0.3) is 0 Å². The fourth-order valence-electron chi connectivity index (χ4n) is 3.63. The van der Waals surface area contributed by atoms with E-state index in [9.17, 15) is 0 Å². The van der Waals surface area contributed by atoms with Crippen LogP contribution in [0.25, 0.3) is 0 Å². The first kappa shape index (κ1) is 22.6. The lowest BCUT2D eigenvalue weighted by atomic mass is 10.4. The summed E-state index contributed by atoms with van der Waals surface area (Å²) in [4.78, 5) is 0. The van der Waals surface area contributed by atoms with Crippen LogP contribution in [0.1, 0.15) is 12.8 Å². The van der Waals surface area contributed by atoms with E-state index in [2.05, 4.69) is 104 Å². The monoisotopic (exact) mass is 438 g/mol. The van der Waals surface area contributed by atoms with Crippen molar-refractivity contribution in [3.8, 4) is 0 Å². The molecular weight excluding hydrogens is 405 g/mol. The van der Waals surface area contributed by atoms with Crippen molar-refractivity contribution in [1.82, 2.24) is 0 Å². The molecule has 0 bridgehead atoms. The summed E-state index contributed by atoms with van der Waals surface area (Å²) in [5, 5.41) is 4.69. The fraction of sp³-hybridized carbons (Fsp3) is 0.308. The van der Waals surface area contributed by atoms with Crippen molar-refractivity contribution in [2.45, 2.75) is 12.8 Å². The lowest BCUT2D eigenvalue weighted by Crippen LogP contribution is -2.10. The van der Waals surface area contributed by atoms with Crippen molar-refractivity contribution in [1.29, 1.82) is 0 Å². The molecule has 3 heteroatoms. The summed E-state index contributed by atoms with van der Waals surface area (Å²) in [5.41, 5.74) is 0. The first-order valence-electron chi connectivity index (χ1n) is 10.6. The second-order valence-electron chi connectivity index (χ2n) is 7.54. The molecule has 0 aromatic heterocycles. The maximum absolute atomic E-state index is 2.44. The minimum atomic E-state index is -0.0341. The van der Waals surface area contributed by atoms with E-state index >= 15 is 0 Å². The minimum Gasteiger partial charge on any atom is -0.0785 e. The van der Waals surface area contributed by atoms with Gasteiger partial charge < -0.3 is 0 Å².